The van der Waals surface area contributed by atoms with Crippen LogP contribution in [0.1, 0.15) is 10.4 Å². The Bertz CT molecular complexity index is 596. The third kappa shape index (κ3) is 3.77. The van der Waals surface area contributed by atoms with Crippen molar-refractivity contribution in [3.8, 4) is 0 Å². The molecule has 1 rings (SSSR count). The van der Waals surface area contributed by atoms with Crippen LogP contribution in [0.4, 0.5) is 30.7 Å². The predicted molar refractivity (Wildman–Crippen MR) is 64.6 cm³/mol. The Balaban J connectivity index is 2.95. The number of esters is 2. The number of benzene rings is 1. The summed E-state index contributed by atoms with van der Waals surface area (Å²) in [5, 5.41) is 0. The Labute approximate surface area is 128 Å². The number of alkyl halides is 7. The van der Waals surface area contributed by atoms with Crippen molar-refractivity contribution in [1.82, 2.24) is 0 Å². The van der Waals surface area contributed by atoms with E-state index in [4.69, 9.17) is 0 Å². The molecule has 11 heteroatoms. The predicted octanol–water partition coefficient (Wildman–Crippen LogP) is 3.92. The van der Waals surface area contributed by atoms with Crippen molar-refractivity contribution in [2.75, 3.05) is 6.26 Å². The monoisotopic (exact) mass is 364 g/mol. The molecule has 0 aromatic heterocycles. The van der Waals surface area contributed by atoms with Crippen molar-refractivity contribution < 1.29 is 45.1 Å². The van der Waals surface area contributed by atoms with Crippen molar-refractivity contribution in [2.24, 2.45) is 0 Å². The number of halogens is 7. The number of hydrogen-bond acceptors (Lipinski definition) is 4. The maximum absolute atomic E-state index is 13.0. The summed E-state index contributed by atoms with van der Waals surface area (Å²) >= 11 is 1.25. The van der Waals surface area contributed by atoms with Crippen LogP contribution in [0.2, 0.25) is 0 Å². The maximum Gasteiger partial charge on any atom is 0.460 e. The van der Waals surface area contributed by atoms with E-state index in [-0.39, 0.29) is 0 Å². The number of rotatable bonds is 4. The van der Waals surface area contributed by atoms with E-state index >= 15 is 0 Å². The molecule has 0 bridgehead atoms. The van der Waals surface area contributed by atoms with Gasteiger partial charge in [0.25, 0.3) is 0 Å². The van der Waals surface area contributed by atoms with E-state index in [1.54, 1.807) is 6.26 Å². The molecule has 0 fully saturated rings. The first-order valence-corrected chi connectivity index (χ1v) is 6.80. The quantitative estimate of drug-likeness (QED) is 0.352. The summed E-state index contributed by atoms with van der Waals surface area (Å²) in [4.78, 5) is 22.9. The first kappa shape index (κ1) is 19.3. The molecule has 1 aromatic carbocycles. The molecule has 3 nitrogen and oxygen atoms in total. The molecule has 0 saturated carbocycles. The summed E-state index contributed by atoms with van der Waals surface area (Å²) in [5.74, 6) is -18.0. The summed E-state index contributed by atoms with van der Waals surface area (Å²) in [6.07, 6.45) is -5.02. The van der Waals surface area contributed by atoms with Gasteiger partial charge in [0.05, 0.1) is 5.56 Å². The fourth-order valence-corrected chi connectivity index (χ4v) is 1.65. The topological polar surface area (TPSA) is 43.4 Å². The van der Waals surface area contributed by atoms with E-state index < -0.39 is 35.5 Å². The van der Waals surface area contributed by atoms with Crippen LogP contribution in [0.5, 0.6) is 0 Å². The molecular formula is C12H7F7O3S. The van der Waals surface area contributed by atoms with E-state index in [2.05, 4.69) is 4.74 Å². The van der Waals surface area contributed by atoms with E-state index in [9.17, 15) is 40.3 Å². The first-order valence-electron chi connectivity index (χ1n) is 5.57. The molecule has 23 heavy (non-hydrogen) atoms. The molecule has 0 heterocycles. The molecule has 0 radical (unpaired) electrons. The van der Waals surface area contributed by atoms with E-state index in [0.717, 1.165) is 12.1 Å². The Morgan fingerprint density at radius 2 is 1.43 bits per heavy atom. The fourth-order valence-electron chi connectivity index (χ4n) is 1.24. The molecule has 0 aliphatic rings. The zero-order valence-corrected chi connectivity index (χ0v) is 11.9. The summed E-state index contributed by atoms with van der Waals surface area (Å²) in [7, 11) is 0. The van der Waals surface area contributed by atoms with Gasteiger partial charge in [0.1, 0.15) is 0 Å². The molecule has 0 unspecified atom stereocenters. The van der Waals surface area contributed by atoms with E-state index in [0.29, 0.717) is 4.90 Å². The number of carbonyl (C=O) groups is 2. The van der Waals surface area contributed by atoms with Crippen LogP contribution in [0.3, 0.4) is 0 Å². The minimum absolute atomic E-state index is 0.470. The van der Waals surface area contributed by atoms with Crippen molar-refractivity contribution in [3.63, 3.8) is 0 Å². The molecule has 0 N–H and O–H groups in total. The van der Waals surface area contributed by atoms with Gasteiger partial charge in [-0.1, -0.05) is 0 Å². The van der Waals surface area contributed by atoms with Crippen LogP contribution in [-0.2, 0) is 9.53 Å². The second-order valence-corrected chi connectivity index (χ2v) is 4.93. The number of carbonyl (C=O) groups excluding carboxylic acids is 2. The second-order valence-electron chi connectivity index (χ2n) is 4.05. The van der Waals surface area contributed by atoms with Gasteiger partial charge < -0.3 is 4.74 Å². The molecule has 0 atom stereocenters. The lowest BCUT2D eigenvalue weighted by atomic mass is 10.1. The molecule has 0 spiro atoms. The van der Waals surface area contributed by atoms with Gasteiger partial charge >= 0.3 is 30.0 Å². The molecular weight excluding hydrogens is 357 g/mol. The summed E-state index contributed by atoms with van der Waals surface area (Å²) in [6, 6.07) is 4.71. The Kier molecular flexibility index (Phi) is 5.34. The van der Waals surface area contributed by atoms with Crippen LogP contribution in [0.25, 0.3) is 0 Å². The van der Waals surface area contributed by atoms with E-state index in [1.807, 2.05) is 0 Å². The first-order chi connectivity index (χ1) is 10.3. The van der Waals surface area contributed by atoms with Crippen molar-refractivity contribution in [1.29, 1.82) is 0 Å². The molecule has 128 valence electrons. The number of ether oxygens (including phenoxy) is 1. The average molecular weight is 364 g/mol. The van der Waals surface area contributed by atoms with Crippen LogP contribution in [0.15, 0.2) is 29.2 Å². The summed E-state index contributed by atoms with van der Waals surface area (Å²) < 4.78 is 90.4. The number of hydrogen-bond donors (Lipinski definition) is 0. The van der Waals surface area contributed by atoms with Crippen LogP contribution >= 0.6 is 11.8 Å². The van der Waals surface area contributed by atoms with Gasteiger partial charge in [-0.25, -0.2) is 9.59 Å². The largest absolute Gasteiger partial charge is 0.460 e. The standard InChI is InChI=1S/C12H7F7O3S/c1-23-7-4-2-6(3-5-7)8(20)22-9(21)10(13,14)11(15,16)12(17,18)19/h2-5H,1H3. The van der Waals surface area contributed by atoms with Crippen molar-refractivity contribution >= 4 is 23.7 Å². The number of thioether (sulfide) groups is 1. The third-order valence-corrected chi connectivity index (χ3v) is 3.26. The van der Waals surface area contributed by atoms with E-state index in [1.165, 1.54) is 23.9 Å². The van der Waals surface area contributed by atoms with Crippen LogP contribution in [0, 0.1) is 0 Å². The molecule has 1 aromatic rings. The zero-order chi connectivity index (χ0) is 18.1. The second kappa shape index (κ2) is 6.38. The van der Waals surface area contributed by atoms with Gasteiger partial charge in [-0.15, -0.1) is 11.8 Å². The Hall–Kier alpha value is -1.78. The lowest BCUT2D eigenvalue weighted by molar-refractivity contribution is -0.347. The third-order valence-electron chi connectivity index (χ3n) is 2.52. The highest BCUT2D eigenvalue weighted by molar-refractivity contribution is 7.98. The minimum Gasteiger partial charge on any atom is -0.385 e. The highest BCUT2D eigenvalue weighted by atomic mass is 32.2. The normalized spacial score (nSPS) is 12.9. The Morgan fingerprint density at radius 3 is 1.83 bits per heavy atom. The SMILES string of the molecule is CSc1ccc(C(=O)OC(=O)C(F)(F)C(F)(F)C(F)(F)F)cc1. The molecule has 0 saturated heterocycles. The van der Waals surface area contributed by atoms with Crippen LogP contribution < -0.4 is 0 Å². The lowest BCUT2D eigenvalue weighted by Gasteiger charge is -2.25. The van der Waals surface area contributed by atoms with Crippen LogP contribution in [-0.4, -0.2) is 36.2 Å². The smallest absolute Gasteiger partial charge is 0.385 e. The van der Waals surface area contributed by atoms with Gasteiger partial charge in [0.15, 0.2) is 0 Å². The van der Waals surface area contributed by atoms with Gasteiger partial charge in [0.2, 0.25) is 0 Å². The average Bonchev–Trinajstić information content (AvgIpc) is 2.45. The molecule has 0 aliphatic carbocycles. The van der Waals surface area contributed by atoms with Crippen molar-refractivity contribution in [2.45, 2.75) is 22.9 Å². The summed E-state index contributed by atoms with van der Waals surface area (Å²) in [6.45, 7) is 0. The fraction of sp³-hybridized carbons (Fsp3) is 0.333. The lowest BCUT2D eigenvalue weighted by Crippen LogP contribution is -2.57. The van der Waals surface area contributed by atoms with Gasteiger partial charge in [-0.3, -0.25) is 0 Å². The Morgan fingerprint density at radius 1 is 0.957 bits per heavy atom. The molecule has 0 aliphatic heterocycles. The highest BCUT2D eigenvalue weighted by Gasteiger charge is 2.77. The summed E-state index contributed by atoms with van der Waals surface area (Å²) in [5.41, 5.74) is -0.470. The van der Waals surface area contributed by atoms with Gasteiger partial charge in [-0.05, 0) is 30.5 Å². The molecule has 0 amide bonds. The maximum atomic E-state index is 13.0. The van der Waals surface area contributed by atoms with Crippen molar-refractivity contribution in [3.05, 3.63) is 29.8 Å². The highest BCUT2D eigenvalue weighted by Crippen LogP contribution is 2.47. The van der Waals surface area contributed by atoms with Gasteiger partial charge in [-0.2, -0.15) is 30.7 Å². The zero-order valence-electron chi connectivity index (χ0n) is 11.1. The minimum atomic E-state index is -6.70. The van der Waals surface area contributed by atoms with Gasteiger partial charge in [0, 0.05) is 4.90 Å².